The molecule has 0 aromatic rings. The van der Waals surface area contributed by atoms with Crippen molar-refractivity contribution in [2.75, 3.05) is 20.3 Å². The fourth-order valence-corrected chi connectivity index (χ4v) is 2.06. The first-order chi connectivity index (χ1) is 5.40. The van der Waals surface area contributed by atoms with E-state index in [9.17, 15) is 0 Å². The molecule has 2 unspecified atom stereocenters. The molecule has 1 saturated carbocycles. The van der Waals surface area contributed by atoms with E-state index in [2.05, 4.69) is 5.32 Å². The average Bonchev–Trinajstić information content (AvgIpc) is 2.75. The Morgan fingerprint density at radius 3 is 2.91 bits per heavy atom. The van der Waals surface area contributed by atoms with Gasteiger partial charge in [0.2, 0.25) is 0 Å². The summed E-state index contributed by atoms with van der Waals surface area (Å²) in [6.07, 6.45) is 4.26. The molecule has 1 saturated heterocycles. The SMILES string of the molecule is COCC1CNC(C2CC2)C1. The van der Waals surface area contributed by atoms with E-state index in [0.29, 0.717) is 0 Å². The van der Waals surface area contributed by atoms with Gasteiger partial charge < -0.3 is 10.1 Å². The van der Waals surface area contributed by atoms with Gasteiger partial charge in [-0.1, -0.05) is 0 Å². The summed E-state index contributed by atoms with van der Waals surface area (Å²) in [5.74, 6) is 1.79. The third kappa shape index (κ3) is 1.74. The van der Waals surface area contributed by atoms with Gasteiger partial charge in [0, 0.05) is 19.7 Å². The third-order valence-corrected chi connectivity index (χ3v) is 2.85. The maximum Gasteiger partial charge on any atom is 0.0503 e. The lowest BCUT2D eigenvalue weighted by atomic mass is 10.0. The van der Waals surface area contributed by atoms with E-state index in [1.165, 1.54) is 25.8 Å². The molecule has 0 bridgehead atoms. The monoisotopic (exact) mass is 155 g/mol. The molecule has 0 radical (unpaired) electrons. The predicted octanol–water partition coefficient (Wildman–Crippen LogP) is 1.02. The average molecular weight is 155 g/mol. The second kappa shape index (κ2) is 3.11. The third-order valence-electron chi connectivity index (χ3n) is 2.85. The van der Waals surface area contributed by atoms with Gasteiger partial charge in [0.1, 0.15) is 0 Å². The van der Waals surface area contributed by atoms with Crippen LogP contribution in [0.1, 0.15) is 19.3 Å². The van der Waals surface area contributed by atoms with Gasteiger partial charge in [-0.2, -0.15) is 0 Å². The zero-order chi connectivity index (χ0) is 7.68. The van der Waals surface area contributed by atoms with E-state index in [1.54, 1.807) is 7.11 Å². The Morgan fingerprint density at radius 1 is 1.45 bits per heavy atom. The molecule has 0 aromatic carbocycles. The Morgan fingerprint density at radius 2 is 2.27 bits per heavy atom. The van der Waals surface area contributed by atoms with Crippen LogP contribution in [0.25, 0.3) is 0 Å². The Hall–Kier alpha value is -0.0800. The molecule has 0 amide bonds. The fraction of sp³-hybridized carbons (Fsp3) is 1.00. The highest BCUT2D eigenvalue weighted by Crippen LogP contribution is 2.37. The summed E-state index contributed by atoms with van der Waals surface area (Å²) < 4.78 is 5.13. The quantitative estimate of drug-likeness (QED) is 0.657. The van der Waals surface area contributed by atoms with E-state index in [0.717, 1.165) is 24.5 Å². The lowest BCUT2D eigenvalue weighted by Gasteiger charge is -2.07. The zero-order valence-electron chi connectivity index (χ0n) is 7.18. The standard InChI is InChI=1S/C9H17NO/c1-11-6-7-4-9(10-5-7)8-2-3-8/h7-10H,2-6H2,1H3. The lowest BCUT2D eigenvalue weighted by Crippen LogP contribution is -2.23. The predicted molar refractivity (Wildman–Crippen MR) is 44.5 cm³/mol. The first kappa shape index (κ1) is 7.56. The molecule has 1 heterocycles. The summed E-state index contributed by atoms with van der Waals surface area (Å²) in [5.41, 5.74) is 0. The molecule has 2 fully saturated rings. The molecule has 11 heavy (non-hydrogen) atoms. The molecular weight excluding hydrogens is 138 g/mol. The second-order valence-electron chi connectivity index (χ2n) is 3.91. The Balaban J connectivity index is 1.74. The number of methoxy groups -OCH3 is 1. The number of nitrogens with one attached hydrogen (secondary N) is 1. The van der Waals surface area contributed by atoms with E-state index in [1.807, 2.05) is 0 Å². The summed E-state index contributed by atoms with van der Waals surface area (Å²) in [5, 5.41) is 3.57. The molecule has 0 spiro atoms. The van der Waals surface area contributed by atoms with Crippen LogP contribution in [-0.2, 0) is 4.74 Å². The van der Waals surface area contributed by atoms with Gasteiger partial charge >= 0.3 is 0 Å². The van der Waals surface area contributed by atoms with Crippen molar-refractivity contribution >= 4 is 0 Å². The van der Waals surface area contributed by atoms with Crippen LogP contribution in [0.4, 0.5) is 0 Å². The molecule has 2 atom stereocenters. The Labute approximate surface area is 68.3 Å². The highest BCUT2D eigenvalue weighted by Gasteiger charge is 2.36. The molecule has 2 heteroatoms. The van der Waals surface area contributed by atoms with Crippen LogP contribution in [-0.4, -0.2) is 26.3 Å². The van der Waals surface area contributed by atoms with Crippen molar-refractivity contribution < 1.29 is 4.74 Å². The molecule has 2 nitrogen and oxygen atoms in total. The first-order valence-corrected chi connectivity index (χ1v) is 4.62. The van der Waals surface area contributed by atoms with Crippen molar-refractivity contribution in [3.63, 3.8) is 0 Å². The van der Waals surface area contributed by atoms with Gasteiger partial charge in [-0.25, -0.2) is 0 Å². The maximum absolute atomic E-state index is 5.13. The summed E-state index contributed by atoms with van der Waals surface area (Å²) >= 11 is 0. The minimum absolute atomic E-state index is 0.783. The number of hydrogen-bond donors (Lipinski definition) is 1. The molecule has 2 aliphatic rings. The second-order valence-corrected chi connectivity index (χ2v) is 3.91. The van der Waals surface area contributed by atoms with Crippen molar-refractivity contribution in [1.82, 2.24) is 5.32 Å². The summed E-state index contributed by atoms with van der Waals surface area (Å²) in [6, 6.07) is 0.829. The summed E-state index contributed by atoms with van der Waals surface area (Å²) in [4.78, 5) is 0. The van der Waals surface area contributed by atoms with Gasteiger partial charge in [-0.15, -0.1) is 0 Å². The minimum Gasteiger partial charge on any atom is -0.384 e. The van der Waals surface area contributed by atoms with Crippen LogP contribution in [0, 0.1) is 11.8 Å². The number of hydrogen-bond acceptors (Lipinski definition) is 2. The van der Waals surface area contributed by atoms with E-state index < -0.39 is 0 Å². The van der Waals surface area contributed by atoms with Gasteiger partial charge in [-0.05, 0) is 31.1 Å². The van der Waals surface area contributed by atoms with Crippen molar-refractivity contribution in [2.45, 2.75) is 25.3 Å². The Bertz CT molecular complexity index is 134. The van der Waals surface area contributed by atoms with Crippen molar-refractivity contribution in [3.05, 3.63) is 0 Å². The van der Waals surface area contributed by atoms with E-state index >= 15 is 0 Å². The molecule has 1 aliphatic carbocycles. The van der Waals surface area contributed by atoms with Crippen LogP contribution in [0.3, 0.4) is 0 Å². The van der Waals surface area contributed by atoms with Crippen molar-refractivity contribution in [3.8, 4) is 0 Å². The normalized spacial score (nSPS) is 37.9. The highest BCUT2D eigenvalue weighted by molar-refractivity contribution is 4.92. The molecule has 1 aliphatic heterocycles. The van der Waals surface area contributed by atoms with Crippen LogP contribution in [0.5, 0.6) is 0 Å². The van der Waals surface area contributed by atoms with Gasteiger partial charge in [0.05, 0.1) is 6.61 Å². The van der Waals surface area contributed by atoms with Gasteiger partial charge in [0.15, 0.2) is 0 Å². The molecular formula is C9H17NO. The zero-order valence-corrected chi connectivity index (χ0v) is 7.18. The smallest absolute Gasteiger partial charge is 0.0503 e. The van der Waals surface area contributed by atoms with Crippen LogP contribution >= 0.6 is 0 Å². The van der Waals surface area contributed by atoms with Crippen molar-refractivity contribution in [2.24, 2.45) is 11.8 Å². The molecule has 64 valence electrons. The minimum atomic E-state index is 0.783. The number of ether oxygens (including phenoxy) is 1. The molecule has 0 aromatic heterocycles. The van der Waals surface area contributed by atoms with Gasteiger partial charge in [-0.3, -0.25) is 0 Å². The largest absolute Gasteiger partial charge is 0.384 e. The fourth-order valence-electron chi connectivity index (χ4n) is 2.06. The summed E-state index contributed by atoms with van der Waals surface area (Å²) in [6.45, 7) is 2.12. The van der Waals surface area contributed by atoms with Crippen LogP contribution < -0.4 is 5.32 Å². The molecule has 1 N–H and O–H groups in total. The van der Waals surface area contributed by atoms with E-state index in [-0.39, 0.29) is 0 Å². The van der Waals surface area contributed by atoms with Crippen LogP contribution in [0.2, 0.25) is 0 Å². The van der Waals surface area contributed by atoms with Crippen LogP contribution in [0.15, 0.2) is 0 Å². The lowest BCUT2D eigenvalue weighted by molar-refractivity contribution is 0.158. The summed E-state index contributed by atoms with van der Waals surface area (Å²) in [7, 11) is 1.80. The Kier molecular flexibility index (Phi) is 2.14. The first-order valence-electron chi connectivity index (χ1n) is 4.62. The molecule has 2 rings (SSSR count). The maximum atomic E-state index is 5.13. The van der Waals surface area contributed by atoms with E-state index in [4.69, 9.17) is 4.74 Å². The van der Waals surface area contributed by atoms with Crippen molar-refractivity contribution in [1.29, 1.82) is 0 Å². The topological polar surface area (TPSA) is 21.3 Å². The number of rotatable bonds is 3. The highest BCUT2D eigenvalue weighted by atomic mass is 16.5. The van der Waals surface area contributed by atoms with Gasteiger partial charge in [0.25, 0.3) is 0 Å².